The highest BCUT2D eigenvalue weighted by atomic mass is 35.5. The molecule has 1 aliphatic heterocycles. The summed E-state index contributed by atoms with van der Waals surface area (Å²) >= 11 is 8.00. The number of aryl methyl sites for hydroxylation is 1. The molecule has 3 aromatic rings. The van der Waals surface area contributed by atoms with E-state index in [9.17, 15) is 9.59 Å². The van der Waals surface area contributed by atoms with Crippen molar-refractivity contribution in [2.45, 2.75) is 6.92 Å². The lowest BCUT2D eigenvalue weighted by Crippen LogP contribution is -2.48. The minimum absolute atomic E-state index is 0.151. The molecule has 168 valence electrons. The van der Waals surface area contributed by atoms with Gasteiger partial charge in [-0.15, -0.1) is 0 Å². The second kappa shape index (κ2) is 9.85. The molecule has 0 radical (unpaired) electrons. The Labute approximate surface area is 195 Å². The number of esters is 1. The molecule has 1 aromatic heterocycles. The summed E-state index contributed by atoms with van der Waals surface area (Å²) in [6.07, 6.45) is 0. The molecule has 1 aliphatic rings. The number of rotatable bonds is 6. The lowest BCUT2D eigenvalue weighted by molar-refractivity contribution is 0.0600. The van der Waals surface area contributed by atoms with Gasteiger partial charge in [0.25, 0.3) is 5.91 Å². The van der Waals surface area contributed by atoms with Crippen LogP contribution in [-0.2, 0) is 4.74 Å². The number of piperazine rings is 1. The lowest BCUT2D eigenvalue weighted by Gasteiger charge is -2.34. The third-order valence-electron chi connectivity index (χ3n) is 5.61. The van der Waals surface area contributed by atoms with Gasteiger partial charge in [-0.1, -0.05) is 29.0 Å². The van der Waals surface area contributed by atoms with Gasteiger partial charge < -0.3 is 15.0 Å². The molecular weight excluding hydrogens is 448 g/mol. The van der Waals surface area contributed by atoms with Crippen molar-refractivity contribution in [1.82, 2.24) is 15.2 Å². The number of thiazole rings is 1. The van der Waals surface area contributed by atoms with Crippen molar-refractivity contribution in [1.29, 1.82) is 0 Å². The number of fused-ring (bicyclic) bond motifs is 1. The number of nitrogens with one attached hydrogen (secondary N) is 1. The normalized spacial score (nSPS) is 14.5. The van der Waals surface area contributed by atoms with Crippen molar-refractivity contribution in [3.05, 3.63) is 58.1 Å². The van der Waals surface area contributed by atoms with Gasteiger partial charge in [0, 0.05) is 44.8 Å². The molecule has 2 aromatic carbocycles. The van der Waals surface area contributed by atoms with Gasteiger partial charge in [-0.05, 0) is 42.8 Å². The highest BCUT2D eigenvalue weighted by Gasteiger charge is 2.21. The molecule has 0 saturated carbocycles. The van der Waals surface area contributed by atoms with Gasteiger partial charge in [-0.25, -0.2) is 9.78 Å². The third kappa shape index (κ3) is 4.87. The number of carbonyl (C=O) groups is 2. The molecule has 1 fully saturated rings. The van der Waals surface area contributed by atoms with Crippen LogP contribution in [0.4, 0.5) is 5.13 Å². The zero-order valence-corrected chi connectivity index (χ0v) is 19.6. The van der Waals surface area contributed by atoms with Crippen LogP contribution < -0.4 is 10.2 Å². The van der Waals surface area contributed by atoms with E-state index in [2.05, 4.69) is 26.8 Å². The summed E-state index contributed by atoms with van der Waals surface area (Å²) < 4.78 is 5.72. The summed E-state index contributed by atoms with van der Waals surface area (Å²) in [6.45, 7) is 7.00. The van der Waals surface area contributed by atoms with E-state index >= 15 is 0 Å². The SMILES string of the molecule is COC(=O)c1ccc(C(=O)NCCN2CCN(c3nc4c(C)ccc(Cl)c4s3)CC2)cc1. The number of aromatic nitrogens is 1. The number of hydrogen-bond acceptors (Lipinski definition) is 7. The van der Waals surface area contributed by atoms with E-state index < -0.39 is 5.97 Å². The fraction of sp³-hybridized carbons (Fsp3) is 0.348. The van der Waals surface area contributed by atoms with E-state index in [0.29, 0.717) is 17.7 Å². The molecular formula is C23H25ClN4O3S. The van der Waals surface area contributed by atoms with Crippen LogP contribution >= 0.6 is 22.9 Å². The first kappa shape index (κ1) is 22.5. The first-order valence-electron chi connectivity index (χ1n) is 10.5. The monoisotopic (exact) mass is 472 g/mol. The van der Waals surface area contributed by atoms with Crippen LogP contribution in [0.1, 0.15) is 26.3 Å². The fourth-order valence-corrected chi connectivity index (χ4v) is 5.06. The average molecular weight is 473 g/mol. The Hall–Kier alpha value is -2.68. The van der Waals surface area contributed by atoms with Gasteiger partial charge in [0.15, 0.2) is 5.13 Å². The molecule has 2 heterocycles. The molecule has 0 spiro atoms. The third-order valence-corrected chi connectivity index (χ3v) is 7.19. The van der Waals surface area contributed by atoms with Crippen LogP contribution in [0.25, 0.3) is 10.2 Å². The maximum Gasteiger partial charge on any atom is 0.337 e. The second-order valence-electron chi connectivity index (χ2n) is 7.69. The number of benzene rings is 2. The van der Waals surface area contributed by atoms with E-state index in [1.54, 1.807) is 35.6 Å². The molecule has 4 rings (SSSR count). The Kier molecular flexibility index (Phi) is 6.93. The van der Waals surface area contributed by atoms with Gasteiger partial charge in [0.05, 0.1) is 27.9 Å². The molecule has 7 nitrogen and oxygen atoms in total. The van der Waals surface area contributed by atoms with Gasteiger partial charge in [0.2, 0.25) is 0 Å². The highest BCUT2D eigenvalue weighted by molar-refractivity contribution is 7.22. The summed E-state index contributed by atoms with van der Waals surface area (Å²) in [5.41, 5.74) is 3.07. The minimum Gasteiger partial charge on any atom is -0.465 e. The number of methoxy groups -OCH3 is 1. The zero-order valence-electron chi connectivity index (χ0n) is 18.1. The van der Waals surface area contributed by atoms with E-state index in [0.717, 1.165) is 58.7 Å². The van der Waals surface area contributed by atoms with Crippen molar-refractivity contribution < 1.29 is 14.3 Å². The van der Waals surface area contributed by atoms with Crippen LogP contribution in [0.15, 0.2) is 36.4 Å². The Balaban J connectivity index is 1.25. The lowest BCUT2D eigenvalue weighted by atomic mass is 10.1. The van der Waals surface area contributed by atoms with E-state index in [-0.39, 0.29) is 5.91 Å². The zero-order chi connectivity index (χ0) is 22.7. The van der Waals surface area contributed by atoms with E-state index in [1.807, 2.05) is 12.1 Å². The number of anilines is 1. The van der Waals surface area contributed by atoms with Crippen LogP contribution in [0.2, 0.25) is 5.02 Å². The largest absolute Gasteiger partial charge is 0.465 e. The average Bonchev–Trinajstić information content (AvgIpc) is 3.28. The Morgan fingerprint density at radius 2 is 1.78 bits per heavy atom. The predicted octanol–water partition coefficient (Wildman–Crippen LogP) is 3.60. The molecule has 32 heavy (non-hydrogen) atoms. The summed E-state index contributed by atoms with van der Waals surface area (Å²) in [4.78, 5) is 33.3. The molecule has 0 atom stereocenters. The van der Waals surface area contributed by atoms with Crippen molar-refractivity contribution in [2.75, 3.05) is 51.3 Å². The first-order chi connectivity index (χ1) is 15.5. The molecule has 0 unspecified atom stereocenters. The smallest absolute Gasteiger partial charge is 0.337 e. The number of ether oxygens (including phenoxy) is 1. The van der Waals surface area contributed by atoms with Crippen LogP contribution in [-0.4, -0.2) is 68.1 Å². The number of nitrogens with zero attached hydrogens (tertiary/aromatic N) is 3. The minimum atomic E-state index is -0.417. The molecule has 0 aliphatic carbocycles. The maximum absolute atomic E-state index is 12.3. The van der Waals surface area contributed by atoms with E-state index in [4.69, 9.17) is 16.6 Å². The van der Waals surface area contributed by atoms with Crippen LogP contribution in [0, 0.1) is 6.92 Å². The predicted molar refractivity (Wildman–Crippen MR) is 128 cm³/mol. The molecule has 1 N–H and O–H groups in total. The number of halogens is 1. The molecule has 0 bridgehead atoms. The van der Waals surface area contributed by atoms with Crippen molar-refractivity contribution in [3.63, 3.8) is 0 Å². The number of carbonyl (C=O) groups excluding carboxylic acids is 2. The standard InChI is InChI=1S/C23H25ClN4O3S/c1-15-3-8-18(24)20-19(15)26-23(32-20)28-13-11-27(12-14-28)10-9-25-21(29)16-4-6-17(7-5-16)22(30)31-2/h3-8H,9-14H2,1-2H3,(H,25,29). The Bertz CT molecular complexity index is 1090. The number of hydrogen-bond donors (Lipinski definition) is 1. The fourth-order valence-electron chi connectivity index (χ4n) is 3.69. The quantitative estimate of drug-likeness (QED) is 0.552. The molecule has 9 heteroatoms. The van der Waals surface area contributed by atoms with E-state index in [1.165, 1.54) is 7.11 Å². The summed E-state index contributed by atoms with van der Waals surface area (Å²) in [5, 5.41) is 4.71. The van der Waals surface area contributed by atoms with Crippen molar-refractivity contribution in [3.8, 4) is 0 Å². The second-order valence-corrected chi connectivity index (χ2v) is 9.08. The van der Waals surface area contributed by atoms with Crippen molar-refractivity contribution in [2.24, 2.45) is 0 Å². The molecule has 1 amide bonds. The molecule has 1 saturated heterocycles. The highest BCUT2D eigenvalue weighted by Crippen LogP contribution is 2.35. The summed E-state index contributed by atoms with van der Waals surface area (Å²) in [5.74, 6) is -0.568. The Morgan fingerprint density at radius 3 is 2.44 bits per heavy atom. The number of amides is 1. The van der Waals surface area contributed by atoms with Crippen LogP contribution in [0.3, 0.4) is 0 Å². The first-order valence-corrected chi connectivity index (χ1v) is 11.6. The summed E-state index contributed by atoms with van der Waals surface area (Å²) in [6, 6.07) is 10.4. The van der Waals surface area contributed by atoms with Gasteiger partial charge in [-0.3, -0.25) is 9.69 Å². The van der Waals surface area contributed by atoms with Gasteiger partial charge in [0.1, 0.15) is 0 Å². The van der Waals surface area contributed by atoms with Crippen LogP contribution in [0.5, 0.6) is 0 Å². The topological polar surface area (TPSA) is 74.8 Å². The maximum atomic E-state index is 12.3. The Morgan fingerprint density at radius 1 is 1.09 bits per heavy atom. The van der Waals surface area contributed by atoms with Gasteiger partial charge in [-0.2, -0.15) is 0 Å². The van der Waals surface area contributed by atoms with Gasteiger partial charge >= 0.3 is 5.97 Å². The van der Waals surface area contributed by atoms with Crippen molar-refractivity contribution >= 4 is 50.2 Å². The summed E-state index contributed by atoms with van der Waals surface area (Å²) in [7, 11) is 1.33.